The first-order chi connectivity index (χ1) is 8.06. The second-order valence-electron chi connectivity index (χ2n) is 3.13. The molecule has 88 valence electrons. The van der Waals surface area contributed by atoms with Crippen LogP contribution in [0.25, 0.3) is 0 Å². The third-order valence-electron chi connectivity index (χ3n) is 1.96. The summed E-state index contributed by atoms with van der Waals surface area (Å²) < 4.78 is 0. The van der Waals surface area contributed by atoms with E-state index in [1.807, 2.05) is 0 Å². The lowest BCUT2D eigenvalue weighted by molar-refractivity contribution is -0.384. The molecular formula is C11H9ClN2O3. The lowest BCUT2D eigenvalue weighted by Crippen LogP contribution is -2.24. The number of terminal acetylenes is 1. The highest BCUT2D eigenvalue weighted by Gasteiger charge is 2.15. The van der Waals surface area contributed by atoms with Crippen LogP contribution < -0.4 is 5.32 Å². The molecule has 0 heterocycles. The summed E-state index contributed by atoms with van der Waals surface area (Å²) in [6.45, 7) is 0.300. The average Bonchev–Trinajstić information content (AvgIpc) is 2.29. The van der Waals surface area contributed by atoms with Crippen LogP contribution >= 0.6 is 11.6 Å². The van der Waals surface area contributed by atoms with Crippen molar-refractivity contribution in [2.45, 2.75) is 6.42 Å². The first-order valence-corrected chi connectivity index (χ1v) is 5.09. The zero-order valence-electron chi connectivity index (χ0n) is 8.77. The molecule has 1 N–H and O–H groups in total. The Morgan fingerprint density at radius 1 is 1.59 bits per heavy atom. The summed E-state index contributed by atoms with van der Waals surface area (Å²) >= 11 is 5.78. The van der Waals surface area contributed by atoms with Gasteiger partial charge < -0.3 is 5.32 Å². The predicted molar refractivity (Wildman–Crippen MR) is 63.9 cm³/mol. The van der Waals surface area contributed by atoms with E-state index in [2.05, 4.69) is 11.2 Å². The summed E-state index contributed by atoms with van der Waals surface area (Å²) in [6.07, 6.45) is 5.42. The van der Waals surface area contributed by atoms with Gasteiger partial charge in [0.2, 0.25) is 0 Å². The van der Waals surface area contributed by atoms with Gasteiger partial charge in [0.1, 0.15) is 0 Å². The molecule has 0 aliphatic carbocycles. The van der Waals surface area contributed by atoms with Gasteiger partial charge in [0, 0.05) is 25.1 Å². The van der Waals surface area contributed by atoms with Crippen LogP contribution in [-0.4, -0.2) is 17.4 Å². The van der Waals surface area contributed by atoms with Crippen molar-refractivity contribution in [3.63, 3.8) is 0 Å². The Labute approximate surface area is 103 Å². The van der Waals surface area contributed by atoms with E-state index < -0.39 is 10.8 Å². The summed E-state index contributed by atoms with van der Waals surface area (Å²) in [4.78, 5) is 21.6. The van der Waals surface area contributed by atoms with E-state index in [4.69, 9.17) is 18.0 Å². The fraction of sp³-hybridized carbons (Fsp3) is 0.182. The highest BCUT2D eigenvalue weighted by atomic mass is 35.5. The quantitative estimate of drug-likeness (QED) is 0.386. The standard InChI is InChI=1S/C11H9ClN2O3/c1-2-3-6-13-11(15)9-7-8(14(16)17)4-5-10(9)12/h1,4-5,7H,3,6H2,(H,13,15). The number of rotatable bonds is 4. The predicted octanol–water partition coefficient (Wildman–Crippen LogP) is 2.00. The minimum absolute atomic E-state index is 0.0675. The Morgan fingerprint density at radius 3 is 2.88 bits per heavy atom. The van der Waals surface area contributed by atoms with Crippen molar-refractivity contribution in [1.82, 2.24) is 5.32 Å². The minimum Gasteiger partial charge on any atom is -0.351 e. The molecule has 1 aromatic carbocycles. The maximum absolute atomic E-state index is 11.6. The van der Waals surface area contributed by atoms with Gasteiger partial charge in [-0.15, -0.1) is 12.3 Å². The molecular weight excluding hydrogens is 244 g/mol. The van der Waals surface area contributed by atoms with E-state index in [1.165, 1.54) is 12.1 Å². The van der Waals surface area contributed by atoms with Crippen molar-refractivity contribution in [2.24, 2.45) is 0 Å². The molecule has 5 nitrogen and oxygen atoms in total. The average molecular weight is 253 g/mol. The molecule has 0 bridgehead atoms. The number of nitro groups is 1. The number of nitrogens with zero attached hydrogens (tertiary/aromatic N) is 1. The van der Waals surface area contributed by atoms with Crippen LogP contribution in [0.15, 0.2) is 18.2 Å². The number of nitro benzene ring substituents is 1. The maximum atomic E-state index is 11.6. The van der Waals surface area contributed by atoms with Gasteiger partial charge in [0.25, 0.3) is 11.6 Å². The number of carbonyl (C=O) groups excluding carboxylic acids is 1. The van der Waals surface area contributed by atoms with Crippen molar-refractivity contribution in [3.05, 3.63) is 38.9 Å². The Morgan fingerprint density at radius 2 is 2.29 bits per heavy atom. The van der Waals surface area contributed by atoms with Crippen molar-refractivity contribution in [2.75, 3.05) is 6.54 Å². The highest BCUT2D eigenvalue weighted by molar-refractivity contribution is 6.33. The van der Waals surface area contributed by atoms with Crippen molar-refractivity contribution >= 4 is 23.2 Å². The van der Waals surface area contributed by atoms with E-state index in [1.54, 1.807) is 0 Å². The Kier molecular flexibility index (Phi) is 4.49. The number of hydrogen-bond donors (Lipinski definition) is 1. The third-order valence-corrected chi connectivity index (χ3v) is 2.29. The van der Waals surface area contributed by atoms with Crippen LogP contribution in [0.2, 0.25) is 5.02 Å². The van der Waals surface area contributed by atoms with Gasteiger partial charge in [-0.1, -0.05) is 11.6 Å². The summed E-state index contributed by atoms with van der Waals surface area (Å²) in [5, 5.41) is 13.2. The van der Waals surface area contributed by atoms with Gasteiger partial charge in [-0.05, 0) is 6.07 Å². The fourth-order valence-corrected chi connectivity index (χ4v) is 1.35. The maximum Gasteiger partial charge on any atom is 0.270 e. The number of amides is 1. The highest BCUT2D eigenvalue weighted by Crippen LogP contribution is 2.21. The van der Waals surface area contributed by atoms with E-state index >= 15 is 0 Å². The smallest absolute Gasteiger partial charge is 0.270 e. The Hall–Kier alpha value is -2.06. The molecule has 0 saturated heterocycles. The van der Waals surface area contributed by atoms with Crippen LogP contribution in [0, 0.1) is 22.5 Å². The summed E-state index contributed by atoms with van der Waals surface area (Å²) in [6, 6.07) is 3.68. The van der Waals surface area contributed by atoms with E-state index in [0.29, 0.717) is 13.0 Å². The lowest BCUT2D eigenvalue weighted by atomic mass is 10.2. The summed E-state index contributed by atoms with van der Waals surface area (Å²) in [5.41, 5.74) is -0.116. The molecule has 0 spiro atoms. The largest absolute Gasteiger partial charge is 0.351 e. The molecule has 0 saturated carbocycles. The van der Waals surface area contributed by atoms with Crippen LogP contribution in [0.3, 0.4) is 0 Å². The van der Waals surface area contributed by atoms with Gasteiger partial charge in [-0.3, -0.25) is 14.9 Å². The van der Waals surface area contributed by atoms with Crippen LogP contribution in [0.4, 0.5) is 5.69 Å². The SMILES string of the molecule is C#CCCNC(=O)c1cc([N+](=O)[O-])ccc1Cl. The van der Waals surface area contributed by atoms with E-state index in [9.17, 15) is 14.9 Å². The molecule has 0 unspecified atom stereocenters. The molecule has 17 heavy (non-hydrogen) atoms. The van der Waals surface area contributed by atoms with Gasteiger partial charge in [0.05, 0.1) is 15.5 Å². The number of nitrogens with one attached hydrogen (secondary N) is 1. The second-order valence-corrected chi connectivity index (χ2v) is 3.54. The topological polar surface area (TPSA) is 72.2 Å². The summed E-state index contributed by atoms with van der Waals surface area (Å²) in [7, 11) is 0. The molecule has 1 amide bonds. The lowest BCUT2D eigenvalue weighted by Gasteiger charge is -2.04. The van der Waals surface area contributed by atoms with Crippen LogP contribution in [0.1, 0.15) is 16.8 Å². The molecule has 1 aromatic rings. The zero-order valence-corrected chi connectivity index (χ0v) is 9.53. The van der Waals surface area contributed by atoms with Crippen LogP contribution in [-0.2, 0) is 0 Å². The molecule has 0 radical (unpaired) electrons. The molecule has 0 fully saturated rings. The molecule has 0 aliphatic rings. The number of benzene rings is 1. The van der Waals surface area contributed by atoms with Crippen molar-refractivity contribution in [1.29, 1.82) is 0 Å². The van der Waals surface area contributed by atoms with Gasteiger partial charge in [0.15, 0.2) is 0 Å². The summed E-state index contributed by atoms with van der Waals surface area (Å²) in [5.74, 6) is 1.88. The first kappa shape index (κ1) is 13.0. The number of non-ortho nitro benzene ring substituents is 1. The molecule has 1 rings (SSSR count). The molecule has 6 heteroatoms. The van der Waals surface area contributed by atoms with Gasteiger partial charge in [-0.2, -0.15) is 0 Å². The van der Waals surface area contributed by atoms with Crippen molar-refractivity contribution < 1.29 is 9.72 Å². The zero-order chi connectivity index (χ0) is 12.8. The second kappa shape index (κ2) is 5.87. The third kappa shape index (κ3) is 3.47. The first-order valence-electron chi connectivity index (χ1n) is 4.72. The fourth-order valence-electron chi connectivity index (χ4n) is 1.14. The minimum atomic E-state index is -0.589. The number of carbonyl (C=O) groups is 1. The number of halogens is 1. The van der Waals surface area contributed by atoms with E-state index in [0.717, 1.165) is 6.07 Å². The Balaban J connectivity index is 2.89. The van der Waals surface area contributed by atoms with Crippen molar-refractivity contribution in [3.8, 4) is 12.3 Å². The normalized spacial score (nSPS) is 9.41. The van der Waals surface area contributed by atoms with E-state index in [-0.39, 0.29) is 16.3 Å². The molecule has 0 aromatic heterocycles. The molecule has 0 aliphatic heterocycles. The van der Waals surface area contributed by atoms with Gasteiger partial charge in [-0.25, -0.2) is 0 Å². The number of hydrogen-bond acceptors (Lipinski definition) is 3. The van der Waals surface area contributed by atoms with Gasteiger partial charge >= 0.3 is 0 Å². The Bertz CT molecular complexity index is 494. The molecule has 0 atom stereocenters. The van der Waals surface area contributed by atoms with Crippen LogP contribution in [0.5, 0.6) is 0 Å². The monoisotopic (exact) mass is 252 g/mol.